The summed E-state index contributed by atoms with van der Waals surface area (Å²) in [5, 5.41) is 13.6. The first kappa shape index (κ1) is 18.4. The Balaban J connectivity index is 1.57. The van der Waals surface area contributed by atoms with Gasteiger partial charge in [0.2, 0.25) is 0 Å². The van der Waals surface area contributed by atoms with E-state index in [-0.39, 0.29) is 5.91 Å². The molecule has 0 bridgehead atoms. The van der Waals surface area contributed by atoms with E-state index in [1.807, 2.05) is 36.4 Å². The second-order valence-electron chi connectivity index (χ2n) is 6.53. The summed E-state index contributed by atoms with van der Waals surface area (Å²) in [4.78, 5) is 12.6. The molecule has 0 aliphatic carbocycles. The largest absolute Gasteiger partial charge is 0.495 e. The Hall–Kier alpha value is -3.98. The number of fused-ring (bicyclic) bond motifs is 3. The Morgan fingerprint density at radius 1 is 1.07 bits per heavy atom. The molecular weight excluding hydrogens is 368 g/mol. The summed E-state index contributed by atoms with van der Waals surface area (Å²) in [5.41, 5.74) is 2.45. The molecule has 1 amide bonds. The first-order chi connectivity index (χ1) is 14.1. The highest BCUT2D eigenvalue weighted by molar-refractivity contribution is 6.08. The molecule has 0 saturated heterocycles. The van der Waals surface area contributed by atoms with Gasteiger partial charge in [0.15, 0.2) is 6.10 Å². The Kier molecular flexibility index (Phi) is 4.80. The summed E-state index contributed by atoms with van der Waals surface area (Å²) in [5.74, 6) is 0.706. The van der Waals surface area contributed by atoms with Crippen molar-refractivity contribution in [2.45, 2.75) is 13.0 Å². The standard InChI is InChI=1S/C23H18N2O4/c1-14(28-16-9-7-15(13-24)8-10-16)23(26)25-19-12-21-18(11-22(19)27-2)17-5-3-4-6-20(17)29-21/h3-12,14H,1-2H3,(H,25,26)/t14-/m1/s1. The molecule has 0 aliphatic rings. The van der Waals surface area contributed by atoms with Gasteiger partial charge in [-0.05, 0) is 43.3 Å². The van der Waals surface area contributed by atoms with E-state index in [4.69, 9.17) is 19.2 Å². The lowest BCUT2D eigenvalue weighted by atomic mass is 10.1. The van der Waals surface area contributed by atoms with Crippen LogP contribution < -0.4 is 14.8 Å². The molecule has 0 spiro atoms. The van der Waals surface area contributed by atoms with Crippen LogP contribution in [0.15, 0.2) is 65.1 Å². The van der Waals surface area contributed by atoms with Gasteiger partial charge < -0.3 is 19.2 Å². The predicted molar refractivity (Wildman–Crippen MR) is 110 cm³/mol. The molecule has 6 heteroatoms. The van der Waals surface area contributed by atoms with Crippen molar-refractivity contribution in [1.82, 2.24) is 0 Å². The minimum atomic E-state index is -0.751. The molecule has 1 atom stereocenters. The number of benzene rings is 3. The Morgan fingerprint density at radius 2 is 1.83 bits per heavy atom. The average molecular weight is 386 g/mol. The van der Waals surface area contributed by atoms with Crippen molar-refractivity contribution in [2.75, 3.05) is 12.4 Å². The van der Waals surface area contributed by atoms with Crippen molar-refractivity contribution in [1.29, 1.82) is 5.26 Å². The Bertz CT molecular complexity index is 1240. The number of anilines is 1. The van der Waals surface area contributed by atoms with Crippen LogP contribution in [0.5, 0.6) is 11.5 Å². The summed E-state index contributed by atoms with van der Waals surface area (Å²) in [6, 6.07) is 20.0. The number of hydrogen-bond donors (Lipinski definition) is 1. The molecule has 144 valence electrons. The van der Waals surface area contributed by atoms with Crippen molar-refractivity contribution in [2.24, 2.45) is 0 Å². The number of para-hydroxylation sites is 1. The quantitative estimate of drug-likeness (QED) is 0.529. The fraction of sp³-hybridized carbons (Fsp3) is 0.130. The second kappa shape index (κ2) is 7.56. The molecule has 4 aromatic rings. The highest BCUT2D eigenvalue weighted by atomic mass is 16.5. The van der Waals surface area contributed by atoms with E-state index in [2.05, 4.69) is 5.32 Å². The third-order valence-electron chi connectivity index (χ3n) is 4.62. The van der Waals surface area contributed by atoms with Gasteiger partial charge in [-0.1, -0.05) is 18.2 Å². The second-order valence-corrected chi connectivity index (χ2v) is 6.53. The first-order valence-electron chi connectivity index (χ1n) is 9.06. The fourth-order valence-corrected chi connectivity index (χ4v) is 3.12. The van der Waals surface area contributed by atoms with Crippen LogP contribution in [0.2, 0.25) is 0 Å². The topological polar surface area (TPSA) is 84.5 Å². The molecule has 1 aromatic heterocycles. The van der Waals surface area contributed by atoms with Crippen LogP contribution >= 0.6 is 0 Å². The van der Waals surface area contributed by atoms with E-state index in [1.165, 1.54) is 0 Å². The van der Waals surface area contributed by atoms with Crippen LogP contribution in [0.1, 0.15) is 12.5 Å². The normalized spacial score (nSPS) is 11.8. The molecule has 3 aromatic carbocycles. The van der Waals surface area contributed by atoms with Crippen molar-refractivity contribution >= 4 is 33.5 Å². The number of nitrogens with zero attached hydrogens (tertiary/aromatic N) is 1. The summed E-state index contributed by atoms with van der Waals surface area (Å²) in [6.07, 6.45) is -0.751. The van der Waals surface area contributed by atoms with Gasteiger partial charge in [0, 0.05) is 16.8 Å². The molecular formula is C23H18N2O4. The van der Waals surface area contributed by atoms with E-state index in [0.29, 0.717) is 28.3 Å². The monoisotopic (exact) mass is 386 g/mol. The number of carbonyl (C=O) groups excluding carboxylic acids is 1. The van der Waals surface area contributed by atoms with Crippen molar-refractivity contribution in [3.8, 4) is 17.6 Å². The SMILES string of the molecule is COc1cc2c(cc1NC(=O)[C@@H](C)Oc1ccc(C#N)cc1)oc1ccccc12. The van der Waals surface area contributed by atoms with Crippen LogP contribution in [0, 0.1) is 11.3 Å². The molecule has 6 nitrogen and oxygen atoms in total. The third kappa shape index (κ3) is 3.58. The molecule has 1 N–H and O–H groups in total. The van der Waals surface area contributed by atoms with E-state index in [0.717, 1.165) is 16.4 Å². The van der Waals surface area contributed by atoms with E-state index < -0.39 is 6.10 Å². The molecule has 0 radical (unpaired) electrons. The maximum atomic E-state index is 12.6. The van der Waals surface area contributed by atoms with Gasteiger partial charge in [-0.15, -0.1) is 0 Å². The van der Waals surface area contributed by atoms with Gasteiger partial charge in [-0.2, -0.15) is 5.26 Å². The van der Waals surface area contributed by atoms with E-state index >= 15 is 0 Å². The molecule has 29 heavy (non-hydrogen) atoms. The summed E-state index contributed by atoms with van der Waals surface area (Å²) in [7, 11) is 1.55. The Morgan fingerprint density at radius 3 is 2.55 bits per heavy atom. The lowest BCUT2D eigenvalue weighted by Gasteiger charge is -2.16. The molecule has 1 heterocycles. The zero-order chi connectivity index (χ0) is 20.4. The van der Waals surface area contributed by atoms with Crippen LogP contribution in [-0.4, -0.2) is 19.1 Å². The van der Waals surface area contributed by atoms with Crippen molar-refractivity contribution in [3.05, 3.63) is 66.2 Å². The highest BCUT2D eigenvalue weighted by Crippen LogP contribution is 2.36. The number of nitriles is 1. The number of nitrogens with one attached hydrogen (secondary N) is 1. The Labute approximate surface area is 167 Å². The third-order valence-corrected chi connectivity index (χ3v) is 4.62. The van der Waals surface area contributed by atoms with Gasteiger partial charge in [-0.3, -0.25) is 4.79 Å². The lowest BCUT2D eigenvalue weighted by Crippen LogP contribution is -2.30. The first-order valence-corrected chi connectivity index (χ1v) is 9.06. The van der Waals surface area contributed by atoms with Gasteiger partial charge >= 0.3 is 0 Å². The zero-order valence-corrected chi connectivity index (χ0v) is 15.9. The summed E-state index contributed by atoms with van der Waals surface area (Å²) in [6.45, 7) is 1.65. The zero-order valence-electron chi connectivity index (χ0n) is 15.9. The number of carbonyl (C=O) groups is 1. The minimum absolute atomic E-state index is 0.330. The number of methoxy groups -OCH3 is 1. The van der Waals surface area contributed by atoms with Crippen LogP contribution in [-0.2, 0) is 4.79 Å². The number of amides is 1. The van der Waals surface area contributed by atoms with Crippen LogP contribution in [0.4, 0.5) is 5.69 Å². The predicted octanol–water partition coefficient (Wildman–Crippen LogP) is 4.87. The molecule has 0 aliphatic heterocycles. The van der Waals surface area contributed by atoms with Gasteiger partial charge in [0.25, 0.3) is 5.91 Å². The number of hydrogen-bond acceptors (Lipinski definition) is 5. The molecule has 0 saturated carbocycles. The highest BCUT2D eigenvalue weighted by Gasteiger charge is 2.19. The lowest BCUT2D eigenvalue weighted by molar-refractivity contribution is -0.122. The summed E-state index contributed by atoms with van der Waals surface area (Å²) >= 11 is 0. The maximum absolute atomic E-state index is 12.6. The number of furan rings is 1. The summed E-state index contributed by atoms with van der Waals surface area (Å²) < 4.78 is 17.0. The average Bonchev–Trinajstić information content (AvgIpc) is 3.11. The van der Waals surface area contributed by atoms with Crippen molar-refractivity contribution in [3.63, 3.8) is 0 Å². The maximum Gasteiger partial charge on any atom is 0.265 e. The van der Waals surface area contributed by atoms with Crippen LogP contribution in [0.3, 0.4) is 0 Å². The van der Waals surface area contributed by atoms with Gasteiger partial charge in [0.1, 0.15) is 22.7 Å². The van der Waals surface area contributed by atoms with Crippen molar-refractivity contribution < 1.29 is 18.7 Å². The van der Waals surface area contributed by atoms with E-state index in [9.17, 15) is 4.79 Å². The van der Waals surface area contributed by atoms with Gasteiger partial charge in [-0.25, -0.2) is 0 Å². The number of rotatable bonds is 5. The van der Waals surface area contributed by atoms with Gasteiger partial charge in [0.05, 0.1) is 24.4 Å². The molecule has 0 fully saturated rings. The molecule has 4 rings (SSSR count). The van der Waals surface area contributed by atoms with Crippen LogP contribution in [0.25, 0.3) is 21.9 Å². The molecule has 0 unspecified atom stereocenters. The fourth-order valence-electron chi connectivity index (χ4n) is 3.12. The minimum Gasteiger partial charge on any atom is -0.495 e. The number of ether oxygens (including phenoxy) is 2. The van der Waals surface area contributed by atoms with E-state index in [1.54, 1.807) is 44.4 Å². The smallest absolute Gasteiger partial charge is 0.265 e.